The van der Waals surface area contributed by atoms with Gasteiger partial charge in [0.05, 0.1) is 18.2 Å². The molecule has 0 unspecified atom stereocenters. The van der Waals surface area contributed by atoms with Crippen molar-refractivity contribution in [3.05, 3.63) is 57.1 Å². The lowest BCUT2D eigenvalue weighted by Crippen LogP contribution is -2.17. The summed E-state index contributed by atoms with van der Waals surface area (Å²) >= 11 is 1.31. The average molecular weight is 332 g/mol. The maximum atomic E-state index is 11.7. The number of aromatic amines is 1. The molecule has 0 aliphatic carbocycles. The quantitative estimate of drug-likeness (QED) is 0.391. The highest BCUT2D eigenvalue weighted by Gasteiger charge is 2.14. The predicted octanol–water partition coefficient (Wildman–Crippen LogP) is 2.36. The maximum Gasteiger partial charge on any atom is 0.346 e. The monoisotopic (exact) mass is 332 g/mol. The lowest BCUT2D eigenvalue weighted by Gasteiger charge is -2.08. The first-order valence-corrected chi connectivity index (χ1v) is 7.83. The van der Waals surface area contributed by atoms with Crippen LogP contribution in [0.1, 0.15) is 38.9 Å². The Balaban J connectivity index is 2.19. The molecule has 1 heterocycles. The van der Waals surface area contributed by atoms with Gasteiger partial charge in [-0.1, -0.05) is 12.1 Å². The minimum Gasteiger partial charge on any atom is -0.465 e. The number of methoxy groups -OCH3 is 1. The van der Waals surface area contributed by atoms with Crippen molar-refractivity contribution < 1.29 is 14.3 Å². The van der Waals surface area contributed by atoms with Crippen molar-refractivity contribution in [2.75, 3.05) is 7.11 Å². The fourth-order valence-corrected chi connectivity index (χ4v) is 3.17. The Morgan fingerprint density at radius 1 is 1.26 bits per heavy atom. The number of hydrogen-bond donors (Lipinski definition) is 1. The van der Waals surface area contributed by atoms with Gasteiger partial charge in [-0.3, -0.25) is 4.79 Å². The van der Waals surface area contributed by atoms with E-state index >= 15 is 0 Å². The summed E-state index contributed by atoms with van der Waals surface area (Å²) in [6.45, 7) is 3.12. The van der Waals surface area contributed by atoms with Crippen molar-refractivity contribution in [2.24, 2.45) is 0 Å². The molecule has 1 N–H and O–H groups in total. The largest absolute Gasteiger partial charge is 0.465 e. The Bertz CT molecular complexity index is 797. The van der Waals surface area contributed by atoms with Gasteiger partial charge in [0.15, 0.2) is 5.78 Å². The van der Waals surface area contributed by atoms with E-state index in [1.807, 2.05) is 0 Å². The van der Waals surface area contributed by atoms with Gasteiger partial charge in [-0.05, 0) is 31.5 Å². The van der Waals surface area contributed by atoms with E-state index in [4.69, 9.17) is 0 Å². The van der Waals surface area contributed by atoms with Gasteiger partial charge in [-0.2, -0.15) is 4.98 Å². The van der Waals surface area contributed by atoms with Gasteiger partial charge >= 0.3 is 11.7 Å². The number of hydrogen-bond acceptors (Lipinski definition) is 6. The molecule has 6 nitrogen and oxygen atoms in total. The van der Waals surface area contributed by atoms with Gasteiger partial charge in [0.1, 0.15) is 5.03 Å². The maximum absolute atomic E-state index is 11.7. The van der Waals surface area contributed by atoms with E-state index in [1.54, 1.807) is 31.2 Å². The van der Waals surface area contributed by atoms with Crippen LogP contribution in [0.4, 0.5) is 0 Å². The van der Waals surface area contributed by atoms with E-state index in [2.05, 4.69) is 14.7 Å². The highest BCUT2D eigenvalue weighted by molar-refractivity contribution is 7.98. The smallest absolute Gasteiger partial charge is 0.346 e. The SMILES string of the molecule is COC(=O)c1ccc(CSc2nc(=O)[nH]c(C)c2C(C)=O)cc1. The van der Waals surface area contributed by atoms with Crippen LogP contribution in [-0.2, 0) is 10.5 Å². The van der Waals surface area contributed by atoms with Crippen LogP contribution in [0.2, 0.25) is 0 Å². The lowest BCUT2D eigenvalue weighted by molar-refractivity contribution is 0.0600. The molecule has 7 heteroatoms. The fourth-order valence-electron chi connectivity index (χ4n) is 2.09. The average Bonchev–Trinajstić information content (AvgIpc) is 2.51. The number of Topliss-reactive ketones (excluding diaryl/α,β-unsaturated/α-hetero) is 1. The minimum atomic E-state index is -0.476. The number of esters is 1. The second-order valence-corrected chi connectivity index (χ2v) is 5.84. The van der Waals surface area contributed by atoms with Gasteiger partial charge < -0.3 is 9.72 Å². The van der Waals surface area contributed by atoms with Crippen molar-refractivity contribution in [3.63, 3.8) is 0 Å². The number of nitrogens with one attached hydrogen (secondary N) is 1. The Morgan fingerprint density at radius 2 is 1.91 bits per heavy atom. The third-order valence-corrected chi connectivity index (χ3v) is 4.24. The van der Waals surface area contributed by atoms with Crippen LogP contribution in [-0.4, -0.2) is 28.8 Å². The highest BCUT2D eigenvalue weighted by atomic mass is 32.2. The van der Waals surface area contributed by atoms with Crippen molar-refractivity contribution in [1.29, 1.82) is 0 Å². The standard InChI is InChI=1S/C16H16N2O4S/c1-9-13(10(2)19)14(18-16(21)17-9)23-8-11-4-6-12(7-5-11)15(20)22-3/h4-7H,8H2,1-3H3,(H,17,18,21). The molecular formula is C16H16N2O4S. The van der Waals surface area contributed by atoms with Crippen LogP contribution < -0.4 is 5.69 Å². The first kappa shape index (κ1) is 17.0. The van der Waals surface area contributed by atoms with E-state index in [-0.39, 0.29) is 5.78 Å². The normalized spacial score (nSPS) is 10.4. The summed E-state index contributed by atoms with van der Waals surface area (Å²) in [7, 11) is 1.33. The third kappa shape index (κ3) is 4.07. The number of ketones is 1. The number of H-pyrrole nitrogens is 1. The second-order valence-electron chi connectivity index (χ2n) is 4.88. The molecule has 0 amide bonds. The summed E-state index contributed by atoms with van der Waals surface area (Å²) in [4.78, 5) is 41.0. The number of aryl methyl sites for hydroxylation is 1. The number of ether oxygens (including phenoxy) is 1. The summed E-state index contributed by atoms with van der Waals surface area (Å²) in [5.41, 5.74) is 1.88. The molecular weight excluding hydrogens is 316 g/mol. The summed E-state index contributed by atoms with van der Waals surface area (Å²) in [6, 6.07) is 6.94. The van der Waals surface area contributed by atoms with E-state index in [9.17, 15) is 14.4 Å². The number of aromatic nitrogens is 2. The van der Waals surface area contributed by atoms with Crippen LogP contribution in [0, 0.1) is 6.92 Å². The van der Waals surface area contributed by atoms with Crippen molar-refractivity contribution >= 4 is 23.5 Å². The fraction of sp³-hybridized carbons (Fsp3) is 0.250. The van der Waals surface area contributed by atoms with Crippen LogP contribution in [0.5, 0.6) is 0 Å². The first-order chi connectivity index (χ1) is 10.9. The van der Waals surface area contributed by atoms with Crippen LogP contribution in [0.25, 0.3) is 0 Å². The summed E-state index contributed by atoms with van der Waals surface area (Å²) in [6.07, 6.45) is 0. The minimum absolute atomic E-state index is 0.144. The third-order valence-electron chi connectivity index (χ3n) is 3.19. The van der Waals surface area contributed by atoms with E-state index in [0.29, 0.717) is 27.6 Å². The van der Waals surface area contributed by atoms with Gasteiger partial charge in [-0.15, -0.1) is 11.8 Å². The van der Waals surface area contributed by atoms with Gasteiger partial charge in [0, 0.05) is 11.4 Å². The Hall–Kier alpha value is -2.41. The van der Waals surface area contributed by atoms with Gasteiger partial charge in [0.25, 0.3) is 0 Å². The number of carbonyl (C=O) groups is 2. The molecule has 0 spiro atoms. The van der Waals surface area contributed by atoms with Crippen molar-refractivity contribution in [3.8, 4) is 0 Å². The molecule has 0 saturated carbocycles. The number of rotatable bonds is 5. The van der Waals surface area contributed by atoms with Crippen molar-refractivity contribution in [1.82, 2.24) is 9.97 Å². The molecule has 23 heavy (non-hydrogen) atoms. The predicted molar refractivity (Wildman–Crippen MR) is 86.9 cm³/mol. The Labute approximate surface area is 137 Å². The second kappa shape index (κ2) is 7.23. The molecule has 0 aliphatic heterocycles. The highest BCUT2D eigenvalue weighted by Crippen LogP contribution is 2.25. The summed E-state index contributed by atoms with van der Waals surface area (Å²) in [5, 5.41) is 0.413. The van der Waals surface area contributed by atoms with Crippen LogP contribution >= 0.6 is 11.8 Å². The van der Waals surface area contributed by atoms with Crippen LogP contribution in [0.15, 0.2) is 34.1 Å². The Kier molecular flexibility index (Phi) is 5.33. The van der Waals surface area contributed by atoms with Gasteiger partial charge in [-0.25, -0.2) is 9.59 Å². The van der Waals surface area contributed by atoms with Crippen molar-refractivity contribution in [2.45, 2.75) is 24.6 Å². The zero-order chi connectivity index (χ0) is 17.0. The topological polar surface area (TPSA) is 89.1 Å². The molecule has 2 aromatic rings. The molecule has 0 atom stereocenters. The number of carbonyl (C=O) groups excluding carboxylic acids is 2. The number of benzene rings is 1. The molecule has 0 aliphatic rings. The zero-order valence-electron chi connectivity index (χ0n) is 13.0. The van der Waals surface area contributed by atoms with E-state index in [0.717, 1.165) is 5.56 Å². The summed E-state index contributed by atoms with van der Waals surface area (Å²) < 4.78 is 4.64. The molecule has 120 valence electrons. The molecule has 0 fully saturated rings. The van der Waals surface area contributed by atoms with E-state index < -0.39 is 11.7 Å². The molecule has 0 saturated heterocycles. The Morgan fingerprint density at radius 3 is 2.48 bits per heavy atom. The summed E-state index contributed by atoms with van der Waals surface area (Å²) in [5.74, 6) is -0.0119. The molecule has 0 bridgehead atoms. The first-order valence-electron chi connectivity index (χ1n) is 6.84. The molecule has 0 radical (unpaired) electrons. The molecule has 1 aromatic heterocycles. The molecule has 1 aromatic carbocycles. The van der Waals surface area contributed by atoms with Gasteiger partial charge in [0.2, 0.25) is 0 Å². The van der Waals surface area contributed by atoms with Crippen LogP contribution in [0.3, 0.4) is 0 Å². The molecule has 2 rings (SSSR count). The number of thioether (sulfide) groups is 1. The number of nitrogens with zero attached hydrogens (tertiary/aromatic N) is 1. The zero-order valence-corrected chi connectivity index (χ0v) is 13.8. The van der Waals surface area contributed by atoms with E-state index in [1.165, 1.54) is 25.8 Å². The lowest BCUT2D eigenvalue weighted by atomic mass is 10.1.